The van der Waals surface area contributed by atoms with E-state index < -0.39 is 0 Å². The van der Waals surface area contributed by atoms with Crippen molar-refractivity contribution in [3.05, 3.63) is 0 Å². The van der Waals surface area contributed by atoms with Crippen LogP contribution in [0.1, 0.15) is 33.6 Å². The molecule has 0 aromatic heterocycles. The van der Waals surface area contributed by atoms with Crippen LogP contribution in [0.15, 0.2) is 0 Å². The topological polar surface area (TPSA) is 55.1 Å². The average molecular weight is 274 g/mol. The van der Waals surface area contributed by atoms with Crippen LogP contribution in [-0.2, 0) is 4.79 Å². The zero-order chi connectivity index (χ0) is 13.1. The highest BCUT2D eigenvalue weighted by Crippen LogP contribution is 2.37. The van der Waals surface area contributed by atoms with Crippen LogP contribution in [0.4, 0.5) is 0 Å². The molecule has 5 heteroatoms. The van der Waals surface area contributed by atoms with Crippen molar-refractivity contribution in [2.45, 2.75) is 38.4 Å². The summed E-state index contributed by atoms with van der Waals surface area (Å²) < 4.78 is 0.188. The van der Waals surface area contributed by atoms with E-state index in [1.54, 1.807) is 0 Å². The Morgan fingerprint density at radius 1 is 1.59 bits per heavy atom. The summed E-state index contributed by atoms with van der Waals surface area (Å²) >= 11 is 6.89. The molecule has 3 N–H and O–H groups in total. The number of thioether (sulfide) groups is 1. The molecule has 1 aliphatic heterocycles. The highest BCUT2D eigenvalue weighted by Gasteiger charge is 2.32. The maximum Gasteiger partial charge on any atom is 0.230 e. The van der Waals surface area contributed by atoms with Gasteiger partial charge in [0.2, 0.25) is 5.91 Å². The Morgan fingerprint density at radius 2 is 2.24 bits per heavy atom. The van der Waals surface area contributed by atoms with Crippen molar-refractivity contribution < 1.29 is 4.79 Å². The molecule has 0 aliphatic carbocycles. The van der Waals surface area contributed by atoms with Gasteiger partial charge in [-0.05, 0) is 31.4 Å². The van der Waals surface area contributed by atoms with Crippen LogP contribution in [0.2, 0.25) is 0 Å². The maximum atomic E-state index is 12.0. The van der Waals surface area contributed by atoms with Gasteiger partial charge >= 0.3 is 0 Å². The first-order valence-corrected chi connectivity index (χ1v) is 7.46. The molecule has 1 saturated heterocycles. The Labute approximate surface area is 113 Å². The molecule has 1 rings (SSSR count). The Bertz CT molecular complexity index is 299. The van der Waals surface area contributed by atoms with Gasteiger partial charge in [0, 0.05) is 11.3 Å². The second kappa shape index (κ2) is 6.05. The minimum absolute atomic E-state index is 0.0266. The van der Waals surface area contributed by atoms with Crippen LogP contribution in [0.3, 0.4) is 0 Å². The lowest BCUT2D eigenvalue weighted by molar-refractivity contribution is -0.124. The van der Waals surface area contributed by atoms with Crippen molar-refractivity contribution in [1.29, 1.82) is 0 Å². The van der Waals surface area contributed by atoms with Crippen LogP contribution in [0.5, 0.6) is 0 Å². The standard InChI is InChI=1S/C12H22N2OS2/c1-8(2)9(10(13)16)11(15)14-7-12(3)5-4-6-17-12/h8-9H,4-7H2,1-3H3,(H2,13,16)(H,14,15). The summed E-state index contributed by atoms with van der Waals surface area (Å²) in [5.74, 6) is 0.965. The van der Waals surface area contributed by atoms with Crippen molar-refractivity contribution in [3.8, 4) is 0 Å². The van der Waals surface area contributed by atoms with Crippen molar-refractivity contribution >= 4 is 34.9 Å². The molecule has 0 saturated carbocycles. The highest BCUT2D eigenvalue weighted by atomic mass is 32.2. The van der Waals surface area contributed by atoms with Gasteiger partial charge in [-0.15, -0.1) is 0 Å². The molecule has 17 heavy (non-hydrogen) atoms. The Hall–Kier alpha value is -0.290. The summed E-state index contributed by atoms with van der Waals surface area (Å²) in [5, 5.41) is 3.00. The molecule has 0 spiro atoms. The van der Waals surface area contributed by atoms with Crippen molar-refractivity contribution in [2.75, 3.05) is 12.3 Å². The summed E-state index contributed by atoms with van der Waals surface area (Å²) in [7, 11) is 0. The van der Waals surface area contributed by atoms with E-state index in [0.717, 1.165) is 6.42 Å². The second-order valence-electron chi connectivity index (χ2n) is 5.24. The first kappa shape index (κ1) is 14.8. The number of rotatable bonds is 5. The molecule has 0 aromatic rings. The fraction of sp³-hybridized carbons (Fsp3) is 0.833. The number of hydrogen-bond acceptors (Lipinski definition) is 3. The number of hydrogen-bond donors (Lipinski definition) is 2. The minimum atomic E-state index is -0.347. The summed E-state index contributed by atoms with van der Waals surface area (Å²) in [6.07, 6.45) is 2.40. The summed E-state index contributed by atoms with van der Waals surface area (Å²) in [6.45, 7) is 6.85. The third-order valence-corrected chi connectivity index (χ3v) is 4.98. The third kappa shape index (κ3) is 4.14. The Balaban J connectivity index is 2.50. The van der Waals surface area contributed by atoms with Crippen LogP contribution >= 0.6 is 24.0 Å². The van der Waals surface area contributed by atoms with Crippen molar-refractivity contribution in [2.24, 2.45) is 17.6 Å². The Morgan fingerprint density at radius 3 is 2.65 bits per heavy atom. The Kier molecular flexibility index (Phi) is 5.25. The molecule has 1 amide bonds. The van der Waals surface area contributed by atoms with Crippen LogP contribution in [0.25, 0.3) is 0 Å². The van der Waals surface area contributed by atoms with Crippen LogP contribution < -0.4 is 11.1 Å². The third-order valence-electron chi connectivity index (χ3n) is 3.19. The predicted molar refractivity (Wildman–Crippen MR) is 78.2 cm³/mol. The molecule has 0 aromatic carbocycles. The van der Waals surface area contributed by atoms with E-state index in [-0.39, 0.29) is 22.5 Å². The van der Waals surface area contributed by atoms with Crippen LogP contribution in [0, 0.1) is 11.8 Å². The van der Waals surface area contributed by atoms with Gasteiger partial charge in [-0.3, -0.25) is 4.79 Å². The molecule has 0 bridgehead atoms. The molecule has 2 unspecified atom stereocenters. The molecule has 1 aliphatic rings. The quantitative estimate of drug-likeness (QED) is 0.752. The number of thiocarbonyl (C=S) groups is 1. The SMILES string of the molecule is CC(C)C(C(=O)NCC1(C)CCCS1)C(N)=S. The lowest BCUT2D eigenvalue weighted by Crippen LogP contribution is -2.45. The second-order valence-corrected chi connectivity index (χ2v) is 7.40. The number of nitrogens with two attached hydrogens (primary N) is 1. The number of carbonyl (C=O) groups is 1. The van der Waals surface area contributed by atoms with Gasteiger partial charge in [0.25, 0.3) is 0 Å². The van der Waals surface area contributed by atoms with E-state index in [0.29, 0.717) is 11.5 Å². The first-order chi connectivity index (χ1) is 7.86. The van der Waals surface area contributed by atoms with E-state index in [1.165, 1.54) is 12.2 Å². The lowest BCUT2D eigenvalue weighted by Gasteiger charge is -2.25. The fourth-order valence-electron chi connectivity index (χ4n) is 2.12. The zero-order valence-corrected chi connectivity index (χ0v) is 12.4. The summed E-state index contributed by atoms with van der Waals surface area (Å²) in [4.78, 5) is 12.3. The van der Waals surface area contributed by atoms with E-state index >= 15 is 0 Å². The molecular weight excluding hydrogens is 252 g/mol. The molecule has 1 heterocycles. The van der Waals surface area contributed by atoms with Crippen molar-refractivity contribution in [1.82, 2.24) is 5.32 Å². The molecule has 3 nitrogen and oxygen atoms in total. The van der Waals surface area contributed by atoms with E-state index in [9.17, 15) is 4.79 Å². The molecule has 1 fully saturated rings. The summed E-state index contributed by atoms with van der Waals surface area (Å²) in [5.41, 5.74) is 5.62. The van der Waals surface area contributed by atoms with Gasteiger partial charge < -0.3 is 11.1 Å². The summed E-state index contributed by atoms with van der Waals surface area (Å²) in [6, 6.07) is 0. The van der Waals surface area contributed by atoms with Crippen molar-refractivity contribution in [3.63, 3.8) is 0 Å². The van der Waals surface area contributed by atoms with E-state index in [1.807, 2.05) is 25.6 Å². The number of nitrogens with one attached hydrogen (secondary N) is 1. The monoisotopic (exact) mass is 274 g/mol. The fourth-order valence-corrected chi connectivity index (χ4v) is 3.74. The highest BCUT2D eigenvalue weighted by molar-refractivity contribution is 8.00. The maximum absolute atomic E-state index is 12.0. The minimum Gasteiger partial charge on any atom is -0.393 e. The van der Waals surface area contributed by atoms with Gasteiger partial charge in [0.1, 0.15) is 0 Å². The smallest absolute Gasteiger partial charge is 0.230 e. The van der Waals surface area contributed by atoms with Gasteiger partial charge in [0.05, 0.1) is 10.9 Å². The van der Waals surface area contributed by atoms with Gasteiger partial charge in [-0.25, -0.2) is 0 Å². The van der Waals surface area contributed by atoms with E-state index in [2.05, 4.69) is 12.2 Å². The number of carbonyl (C=O) groups excluding carboxylic acids is 1. The van der Waals surface area contributed by atoms with Gasteiger partial charge in [0.15, 0.2) is 0 Å². The number of amides is 1. The first-order valence-electron chi connectivity index (χ1n) is 6.07. The molecule has 98 valence electrons. The normalized spacial score (nSPS) is 25.9. The van der Waals surface area contributed by atoms with Crippen LogP contribution in [-0.4, -0.2) is 27.9 Å². The molecule has 0 radical (unpaired) electrons. The van der Waals surface area contributed by atoms with E-state index in [4.69, 9.17) is 18.0 Å². The molecule has 2 atom stereocenters. The largest absolute Gasteiger partial charge is 0.393 e. The zero-order valence-electron chi connectivity index (χ0n) is 10.8. The molecular formula is C12H22N2OS2. The predicted octanol–water partition coefficient (Wildman–Crippen LogP) is 1.95. The van der Waals surface area contributed by atoms with Gasteiger partial charge in [-0.1, -0.05) is 26.1 Å². The lowest BCUT2D eigenvalue weighted by atomic mass is 9.94. The average Bonchev–Trinajstić information content (AvgIpc) is 2.62. The van der Waals surface area contributed by atoms with Gasteiger partial charge in [-0.2, -0.15) is 11.8 Å².